The summed E-state index contributed by atoms with van der Waals surface area (Å²) >= 11 is 0. The second-order valence-electron chi connectivity index (χ2n) is 7.44. The molecule has 3 aromatic rings. The maximum absolute atomic E-state index is 13.3. The van der Waals surface area contributed by atoms with Crippen molar-refractivity contribution in [3.05, 3.63) is 95.8 Å². The molecule has 0 saturated carbocycles. The van der Waals surface area contributed by atoms with Gasteiger partial charge in [0, 0.05) is 20.0 Å². The van der Waals surface area contributed by atoms with Crippen LogP contribution in [0.5, 0.6) is 11.5 Å². The number of rotatable bonds is 10. The van der Waals surface area contributed by atoms with Crippen LogP contribution in [-0.2, 0) is 22.6 Å². The van der Waals surface area contributed by atoms with Crippen LogP contribution in [-0.4, -0.2) is 43.5 Å². The molecule has 0 saturated heterocycles. The molecule has 0 bridgehead atoms. The Morgan fingerprint density at radius 1 is 0.939 bits per heavy atom. The fourth-order valence-corrected chi connectivity index (χ4v) is 3.45. The van der Waals surface area contributed by atoms with Crippen LogP contribution in [0.4, 0.5) is 4.39 Å². The molecule has 0 spiro atoms. The highest BCUT2D eigenvalue weighted by atomic mass is 19.1. The summed E-state index contributed by atoms with van der Waals surface area (Å²) in [4.78, 5) is 27.7. The van der Waals surface area contributed by atoms with Crippen molar-refractivity contribution < 1.29 is 23.5 Å². The van der Waals surface area contributed by atoms with E-state index in [2.05, 4.69) is 5.32 Å². The number of halogens is 1. The van der Waals surface area contributed by atoms with Gasteiger partial charge in [0.2, 0.25) is 5.91 Å². The first-order chi connectivity index (χ1) is 16.0. The van der Waals surface area contributed by atoms with E-state index in [9.17, 15) is 14.0 Å². The van der Waals surface area contributed by atoms with Gasteiger partial charge in [-0.25, -0.2) is 4.39 Å². The molecule has 1 N–H and O–H groups in total. The molecule has 0 aromatic heterocycles. The minimum Gasteiger partial charge on any atom is -0.497 e. The molecule has 2 amide bonds. The van der Waals surface area contributed by atoms with E-state index in [4.69, 9.17) is 9.47 Å². The van der Waals surface area contributed by atoms with E-state index in [1.807, 2.05) is 54.6 Å². The Morgan fingerprint density at radius 3 is 2.30 bits per heavy atom. The highest BCUT2D eigenvalue weighted by Gasteiger charge is 2.30. The summed E-state index contributed by atoms with van der Waals surface area (Å²) in [5.41, 5.74) is 1.74. The Hall–Kier alpha value is -3.87. The molecule has 3 aromatic carbocycles. The lowest BCUT2D eigenvalue weighted by Crippen LogP contribution is -2.51. The van der Waals surface area contributed by atoms with E-state index in [1.165, 1.54) is 29.2 Å². The molecule has 1 unspecified atom stereocenters. The predicted molar refractivity (Wildman–Crippen MR) is 123 cm³/mol. The summed E-state index contributed by atoms with van der Waals surface area (Å²) < 4.78 is 24.1. The number of carbonyl (C=O) groups is 2. The Balaban J connectivity index is 1.87. The van der Waals surface area contributed by atoms with Gasteiger partial charge in [0.1, 0.15) is 23.4 Å². The van der Waals surface area contributed by atoms with Crippen LogP contribution in [0, 0.1) is 5.82 Å². The lowest BCUT2D eigenvalue weighted by molar-refractivity contribution is -0.142. The average molecular weight is 451 g/mol. The van der Waals surface area contributed by atoms with E-state index in [0.29, 0.717) is 17.9 Å². The summed E-state index contributed by atoms with van der Waals surface area (Å²) in [5.74, 6) is -0.0212. The van der Waals surface area contributed by atoms with Crippen LogP contribution in [0.1, 0.15) is 11.1 Å². The van der Waals surface area contributed by atoms with E-state index in [-0.39, 0.29) is 25.0 Å². The largest absolute Gasteiger partial charge is 0.497 e. The lowest BCUT2D eigenvalue weighted by Gasteiger charge is -2.31. The van der Waals surface area contributed by atoms with Gasteiger partial charge in [-0.15, -0.1) is 0 Å². The topological polar surface area (TPSA) is 67.9 Å². The van der Waals surface area contributed by atoms with Crippen molar-refractivity contribution in [2.75, 3.05) is 20.8 Å². The molecule has 0 aliphatic rings. The maximum atomic E-state index is 13.3. The Kier molecular flexibility index (Phi) is 8.41. The molecule has 0 fully saturated rings. The van der Waals surface area contributed by atoms with Crippen molar-refractivity contribution >= 4 is 11.8 Å². The van der Waals surface area contributed by atoms with Crippen molar-refractivity contribution in [3.63, 3.8) is 0 Å². The van der Waals surface area contributed by atoms with E-state index in [0.717, 1.165) is 11.1 Å². The first kappa shape index (κ1) is 23.8. The third kappa shape index (κ3) is 6.80. The first-order valence-corrected chi connectivity index (χ1v) is 10.6. The van der Waals surface area contributed by atoms with Gasteiger partial charge in [-0.2, -0.15) is 0 Å². The number of likely N-dealkylation sites (N-methyl/N-ethyl adjacent to an activating group) is 1. The predicted octanol–water partition coefficient (Wildman–Crippen LogP) is 3.60. The maximum Gasteiger partial charge on any atom is 0.261 e. The highest BCUT2D eigenvalue weighted by molar-refractivity contribution is 5.88. The molecule has 6 nitrogen and oxygen atoms in total. The third-order valence-corrected chi connectivity index (χ3v) is 5.18. The van der Waals surface area contributed by atoms with E-state index in [1.54, 1.807) is 14.2 Å². The fraction of sp³-hybridized carbons (Fsp3) is 0.231. The summed E-state index contributed by atoms with van der Waals surface area (Å²) in [6, 6.07) is 21.5. The van der Waals surface area contributed by atoms with Crippen molar-refractivity contribution in [2.24, 2.45) is 0 Å². The van der Waals surface area contributed by atoms with Gasteiger partial charge >= 0.3 is 0 Å². The molecule has 0 aliphatic heterocycles. The van der Waals surface area contributed by atoms with Crippen LogP contribution >= 0.6 is 0 Å². The van der Waals surface area contributed by atoms with Gasteiger partial charge < -0.3 is 19.7 Å². The number of amides is 2. The molecule has 33 heavy (non-hydrogen) atoms. The highest BCUT2D eigenvalue weighted by Crippen LogP contribution is 2.19. The Bertz CT molecular complexity index is 1060. The van der Waals surface area contributed by atoms with E-state index < -0.39 is 11.9 Å². The zero-order valence-corrected chi connectivity index (χ0v) is 18.7. The van der Waals surface area contributed by atoms with Crippen LogP contribution in [0.2, 0.25) is 0 Å². The van der Waals surface area contributed by atoms with Gasteiger partial charge in [-0.3, -0.25) is 9.59 Å². The molecular formula is C26H27FN2O4. The molecular weight excluding hydrogens is 423 g/mol. The number of nitrogens with one attached hydrogen (secondary N) is 1. The minimum atomic E-state index is -0.757. The monoisotopic (exact) mass is 450 g/mol. The number of hydrogen-bond donors (Lipinski definition) is 1. The van der Waals surface area contributed by atoms with Crippen molar-refractivity contribution in [2.45, 2.75) is 19.0 Å². The number of methoxy groups -OCH3 is 1. The van der Waals surface area contributed by atoms with Gasteiger partial charge in [-0.1, -0.05) is 42.5 Å². The van der Waals surface area contributed by atoms with Gasteiger partial charge in [-0.05, 0) is 47.5 Å². The summed E-state index contributed by atoms with van der Waals surface area (Å²) in [5, 5.41) is 2.67. The molecule has 1 atom stereocenters. The molecule has 0 aliphatic carbocycles. The number of nitrogens with zero attached hydrogens (tertiary/aromatic N) is 1. The van der Waals surface area contributed by atoms with Crippen LogP contribution < -0.4 is 14.8 Å². The molecule has 172 valence electrons. The number of carbonyl (C=O) groups excluding carboxylic acids is 2. The number of ether oxygens (including phenoxy) is 2. The standard InChI is InChI=1S/C26H27FN2O4/c1-28-26(31)24(16-19-7-4-3-5-8-19)29(17-20-9-6-10-23(15-20)32-2)25(30)18-33-22-13-11-21(27)12-14-22/h3-15,24H,16-18H2,1-2H3,(H,28,31). The van der Waals surface area contributed by atoms with Crippen LogP contribution in [0.3, 0.4) is 0 Å². The van der Waals surface area contributed by atoms with Gasteiger partial charge in [0.25, 0.3) is 5.91 Å². The van der Waals surface area contributed by atoms with Gasteiger partial charge in [0.15, 0.2) is 6.61 Å². The second-order valence-corrected chi connectivity index (χ2v) is 7.44. The quantitative estimate of drug-likeness (QED) is 0.513. The first-order valence-electron chi connectivity index (χ1n) is 10.6. The van der Waals surface area contributed by atoms with Crippen LogP contribution in [0.25, 0.3) is 0 Å². The average Bonchev–Trinajstić information content (AvgIpc) is 2.86. The normalized spacial score (nSPS) is 11.4. The molecule has 0 heterocycles. The van der Waals surface area contributed by atoms with Crippen molar-refractivity contribution in [3.8, 4) is 11.5 Å². The number of benzene rings is 3. The van der Waals surface area contributed by atoms with Crippen molar-refractivity contribution in [1.82, 2.24) is 10.2 Å². The summed E-state index contributed by atoms with van der Waals surface area (Å²) in [6.07, 6.45) is 0.340. The minimum absolute atomic E-state index is 0.188. The van der Waals surface area contributed by atoms with Crippen LogP contribution in [0.15, 0.2) is 78.9 Å². The Morgan fingerprint density at radius 2 is 1.64 bits per heavy atom. The zero-order valence-electron chi connectivity index (χ0n) is 18.7. The summed E-state index contributed by atoms with van der Waals surface area (Å²) in [7, 11) is 3.12. The fourth-order valence-electron chi connectivity index (χ4n) is 3.45. The second kappa shape index (κ2) is 11.7. The lowest BCUT2D eigenvalue weighted by atomic mass is 10.0. The third-order valence-electron chi connectivity index (χ3n) is 5.18. The van der Waals surface area contributed by atoms with Gasteiger partial charge in [0.05, 0.1) is 7.11 Å². The molecule has 0 radical (unpaired) electrons. The number of hydrogen-bond acceptors (Lipinski definition) is 4. The molecule has 7 heteroatoms. The van der Waals surface area contributed by atoms with E-state index >= 15 is 0 Å². The smallest absolute Gasteiger partial charge is 0.261 e. The summed E-state index contributed by atoms with van der Waals surface area (Å²) in [6.45, 7) is -0.106. The SMILES string of the molecule is CNC(=O)C(Cc1ccccc1)N(Cc1cccc(OC)c1)C(=O)COc1ccc(F)cc1. The van der Waals surface area contributed by atoms with Crippen molar-refractivity contribution in [1.29, 1.82) is 0 Å². The Labute approximate surface area is 192 Å². The zero-order chi connectivity index (χ0) is 23.6. The molecule has 3 rings (SSSR count).